The van der Waals surface area contributed by atoms with Crippen molar-refractivity contribution in [3.8, 4) is 0 Å². The summed E-state index contributed by atoms with van der Waals surface area (Å²) < 4.78 is 0. The van der Waals surface area contributed by atoms with E-state index in [0.29, 0.717) is 0 Å². The molecule has 0 bridgehead atoms. The van der Waals surface area contributed by atoms with Crippen LogP contribution in [0.4, 0.5) is 0 Å². The Balaban J connectivity index is 2.14. The van der Waals surface area contributed by atoms with Crippen LogP contribution in [-0.2, 0) is 12.8 Å². The number of rotatable bonds is 11. The third kappa shape index (κ3) is 8.11. The van der Waals surface area contributed by atoms with E-state index in [1.807, 2.05) is 0 Å². The topological polar surface area (TPSA) is 6.48 Å². The van der Waals surface area contributed by atoms with Gasteiger partial charge in [0.25, 0.3) is 0 Å². The minimum absolute atomic E-state index is 1.10. The molecule has 2 heteroatoms. The van der Waals surface area contributed by atoms with Crippen LogP contribution in [0, 0.1) is 0 Å². The summed E-state index contributed by atoms with van der Waals surface area (Å²) >= 11 is 0. The lowest BCUT2D eigenvalue weighted by molar-refractivity contribution is 0.402. The van der Waals surface area contributed by atoms with E-state index in [-0.39, 0.29) is 0 Å². The predicted molar refractivity (Wildman–Crippen MR) is 119 cm³/mol. The molecule has 0 saturated heterocycles. The molecule has 0 fully saturated rings. The lowest BCUT2D eigenvalue weighted by Gasteiger charge is -2.16. The van der Waals surface area contributed by atoms with Gasteiger partial charge in [0, 0.05) is 6.54 Å². The van der Waals surface area contributed by atoms with Crippen molar-refractivity contribution in [3.63, 3.8) is 0 Å². The molecule has 0 saturated carbocycles. The van der Waals surface area contributed by atoms with Crippen molar-refractivity contribution in [3.05, 3.63) is 77.4 Å². The molecule has 0 atom stereocenters. The molecule has 0 aliphatic heterocycles. The van der Waals surface area contributed by atoms with Gasteiger partial charge in [0.1, 0.15) is 0 Å². The first-order chi connectivity index (χ1) is 13.1. The van der Waals surface area contributed by atoms with E-state index in [9.17, 15) is 0 Å². The van der Waals surface area contributed by atoms with Crippen molar-refractivity contribution >= 4 is 5.57 Å². The number of benzene rings is 2. The maximum absolute atomic E-state index is 2.47. The maximum atomic E-state index is 2.47. The highest BCUT2D eigenvalue weighted by molar-refractivity contribution is 5.68. The van der Waals surface area contributed by atoms with Crippen LogP contribution in [-0.4, -0.2) is 51.1 Å². The zero-order valence-electron chi connectivity index (χ0n) is 17.6. The van der Waals surface area contributed by atoms with Crippen molar-refractivity contribution in [2.45, 2.75) is 32.1 Å². The zero-order chi connectivity index (χ0) is 19.5. The first kappa shape index (κ1) is 21.4. The van der Waals surface area contributed by atoms with Gasteiger partial charge in [-0.2, -0.15) is 0 Å². The van der Waals surface area contributed by atoms with Gasteiger partial charge >= 0.3 is 0 Å². The molecule has 2 aromatic carbocycles. The highest BCUT2D eigenvalue weighted by atomic mass is 15.0. The Hall–Kier alpha value is -1.90. The van der Waals surface area contributed by atoms with Gasteiger partial charge in [-0.15, -0.1) is 0 Å². The minimum Gasteiger partial charge on any atom is -0.309 e. The van der Waals surface area contributed by atoms with Crippen molar-refractivity contribution < 1.29 is 0 Å². The van der Waals surface area contributed by atoms with Crippen LogP contribution >= 0.6 is 0 Å². The molecule has 27 heavy (non-hydrogen) atoms. The molecule has 0 spiro atoms. The number of nitrogens with zero attached hydrogens (tertiary/aromatic N) is 2. The van der Waals surface area contributed by atoms with Gasteiger partial charge in [-0.1, -0.05) is 60.7 Å². The molecule has 146 valence electrons. The van der Waals surface area contributed by atoms with Crippen LogP contribution in [0.1, 0.15) is 36.0 Å². The van der Waals surface area contributed by atoms with Crippen molar-refractivity contribution in [1.29, 1.82) is 0 Å². The molecule has 0 aromatic heterocycles. The summed E-state index contributed by atoms with van der Waals surface area (Å²) in [5.74, 6) is 0. The molecule has 0 aliphatic carbocycles. The molecular formula is C25H36N2. The average molecular weight is 365 g/mol. The quantitative estimate of drug-likeness (QED) is 0.544. The van der Waals surface area contributed by atoms with E-state index >= 15 is 0 Å². The smallest absolute Gasteiger partial charge is 0.00100 e. The number of hydrogen-bond acceptors (Lipinski definition) is 2. The fourth-order valence-electron chi connectivity index (χ4n) is 3.40. The molecule has 2 aromatic rings. The van der Waals surface area contributed by atoms with Gasteiger partial charge in [-0.3, -0.25) is 0 Å². The van der Waals surface area contributed by atoms with Crippen LogP contribution in [0.2, 0.25) is 0 Å². The summed E-state index contributed by atoms with van der Waals surface area (Å²) in [6, 6.07) is 19.8. The monoisotopic (exact) mass is 364 g/mol. The second-order valence-corrected chi connectivity index (χ2v) is 7.87. The van der Waals surface area contributed by atoms with Gasteiger partial charge in [-0.25, -0.2) is 0 Å². The first-order valence-electron chi connectivity index (χ1n) is 10.2. The summed E-state index contributed by atoms with van der Waals surface area (Å²) in [5, 5.41) is 0. The third-order valence-electron chi connectivity index (χ3n) is 4.91. The zero-order valence-corrected chi connectivity index (χ0v) is 17.6. The van der Waals surface area contributed by atoms with E-state index < -0.39 is 0 Å². The molecule has 0 aliphatic rings. The van der Waals surface area contributed by atoms with Crippen molar-refractivity contribution in [2.24, 2.45) is 0 Å². The molecule has 2 nitrogen and oxygen atoms in total. The third-order valence-corrected chi connectivity index (χ3v) is 4.91. The second kappa shape index (κ2) is 11.7. The van der Waals surface area contributed by atoms with Gasteiger partial charge in [0.15, 0.2) is 0 Å². The number of aryl methyl sites for hydroxylation is 2. The van der Waals surface area contributed by atoms with Gasteiger partial charge in [0.05, 0.1) is 0 Å². The molecule has 0 N–H and O–H groups in total. The average Bonchev–Trinajstić information content (AvgIpc) is 2.66. The van der Waals surface area contributed by atoms with Crippen LogP contribution < -0.4 is 0 Å². The fraction of sp³-hybridized carbons (Fsp3) is 0.440. The van der Waals surface area contributed by atoms with Crippen LogP contribution in [0.3, 0.4) is 0 Å². The molecule has 0 radical (unpaired) electrons. The molecule has 0 amide bonds. The maximum Gasteiger partial charge on any atom is 0.00100 e. The SMILES string of the molecule is CN(C)CC/C=C(\CCCN(C)C)c1ccccc1CCc1ccccc1. The minimum atomic E-state index is 1.10. The molecule has 2 rings (SSSR count). The summed E-state index contributed by atoms with van der Waals surface area (Å²) in [4.78, 5) is 4.54. The van der Waals surface area contributed by atoms with Crippen LogP contribution in [0.15, 0.2) is 60.7 Å². The van der Waals surface area contributed by atoms with E-state index in [1.165, 1.54) is 28.7 Å². The first-order valence-corrected chi connectivity index (χ1v) is 10.2. The summed E-state index contributed by atoms with van der Waals surface area (Å²) in [6.45, 7) is 2.24. The van der Waals surface area contributed by atoms with Gasteiger partial charge in [0.2, 0.25) is 0 Å². The Kier molecular flexibility index (Phi) is 9.30. The Labute approximate surface area is 166 Å². The number of hydrogen-bond donors (Lipinski definition) is 0. The normalized spacial score (nSPS) is 12.1. The summed E-state index contributed by atoms with van der Waals surface area (Å²) in [7, 11) is 8.60. The van der Waals surface area contributed by atoms with Crippen molar-refractivity contribution in [1.82, 2.24) is 9.80 Å². The van der Waals surface area contributed by atoms with Crippen LogP contribution in [0.25, 0.3) is 5.57 Å². The second-order valence-electron chi connectivity index (χ2n) is 7.87. The standard InChI is InChI=1S/C25H36N2/c1-26(2)20-10-15-23(16-11-21-27(3)4)25-17-9-8-14-24(25)19-18-22-12-6-5-7-13-22/h5-9,12-15,17H,10-11,16,18-21H2,1-4H3/b23-15+. The fourth-order valence-corrected chi connectivity index (χ4v) is 3.40. The number of allylic oxidation sites excluding steroid dienone is 1. The lowest BCUT2D eigenvalue weighted by Crippen LogP contribution is -2.13. The van der Waals surface area contributed by atoms with E-state index in [4.69, 9.17) is 0 Å². The Morgan fingerprint density at radius 3 is 2.15 bits per heavy atom. The Morgan fingerprint density at radius 2 is 1.44 bits per heavy atom. The molecule has 0 heterocycles. The Morgan fingerprint density at radius 1 is 0.778 bits per heavy atom. The predicted octanol–water partition coefficient (Wildman–Crippen LogP) is 5.15. The van der Waals surface area contributed by atoms with Crippen LogP contribution in [0.5, 0.6) is 0 Å². The summed E-state index contributed by atoms with van der Waals surface area (Å²) in [5.41, 5.74) is 5.86. The largest absolute Gasteiger partial charge is 0.309 e. The van der Waals surface area contributed by atoms with E-state index in [2.05, 4.69) is 98.7 Å². The Bertz CT molecular complexity index is 686. The van der Waals surface area contributed by atoms with Gasteiger partial charge < -0.3 is 9.80 Å². The molecule has 0 unspecified atom stereocenters. The summed E-state index contributed by atoms with van der Waals surface area (Å²) in [6.07, 6.45) is 8.12. The lowest BCUT2D eigenvalue weighted by atomic mass is 9.92. The highest BCUT2D eigenvalue weighted by Gasteiger charge is 2.08. The molecular weight excluding hydrogens is 328 g/mol. The van der Waals surface area contributed by atoms with E-state index in [0.717, 1.165) is 38.8 Å². The van der Waals surface area contributed by atoms with E-state index in [1.54, 1.807) is 0 Å². The van der Waals surface area contributed by atoms with Crippen molar-refractivity contribution in [2.75, 3.05) is 41.3 Å². The highest BCUT2D eigenvalue weighted by Crippen LogP contribution is 2.25. The van der Waals surface area contributed by atoms with Gasteiger partial charge in [-0.05, 0) is 89.1 Å².